The number of nitrogens with one attached hydrogen (secondary N) is 1. The summed E-state index contributed by atoms with van der Waals surface area (Å²) >= 11 is 1.23. The summed E-state index contributed by atoms with van der Waals surface area (Å²) in [6.45, 7) is 8.50. The van der Waals surface area contributed by atoms with E-state index in [1.807, 2.05) is 0 Å². The summed E-state index contributed by atoms with van der Waals surface area (Å²) in [4.78, 5) is 24.9. The molecule has 1 saturated heterocycles. The summed E-state index contributed by atoms with van der Waals surface area (Å²) in [6.07, 6.45) is 1.33. The van der Waals surface area contributed by atoms with Crippen LogP contribution in [0.4, 0.5) is 0 Å². The van der Waals surface area contributed by atoms with Crippen molar-refractivity contribution < 1.29 is 9.59 Å². The zero-order valence-electron chi connectivity index (χ0n) is 15.2. The second-order valence-electron chi connectivity index (χ2n) is 7.19. The highest BCUT2D eigenvalue weighted by molar-refractivity contribution is 8.00. The molecule has 138 valence electrons. The number of nitrogens with two attached hydrogens (primary N) is 1. The van der Waals surface area contributed by atoms with Gasteiger partial charge in [0.05, 0.1) is 11.5 Å². The summed E-state index contributed by atoms with van der Waals surface area (Å²) in [5, 5.41) is 2.86. The van der Waals surface area contributed by atoms with E-state index in [0.29, 0.717) is 6.54 Å². The van der Waals surface area contributed by atoms with Crippen molar-refractivity contribution in [1.82, 2.24) is 10.2 Å². The van der Waals surface area contributed by atoms with Gasteiger partial charge in [-0.1, -0.05) is 38.1 Å². The van der Waals surface area contributed by atoms with E-state index in [1.54, 1.807) is 0 Å². The highest BCUT2D eigenvalue weighted by Gasteiger charge is 2.21. The van der Waals surface area contributed by atoms with Crippen molar-refractivity contribution in [2.24, 2.45) is 17.6 Å². The van der Waals surface area contributed by atoms with Crippen molar-refractivity contribution >= 4 is 23.6 Å². The molecule has 25 heavy (non-hydrogen) atoms. The molecular formula is C19H29N3O2S. The van der Waals surface area contributed by atoms with Gasteiger partial charge >= 0.3 is 0 Å². The second kappa shape index (κ2) is 9.82. The Labute approximate surface area is 154 Å². The number of carbonyl (C=O) groups is 2. The molecule has 1 fully saturated rings. The number of thioether (sulfide) groups is 1. The fraction of sp³-hybridized carbons (Fsp3) is 0.579. The van der Waals surface area contributed by atoms with E-state index in [9.17, 15) is 9.59 Å². The summed E-state index contributed by atoms with van der Waals surface area (Å²) in [6, 6.07) is 8.44. The Balaban J connectivity index is 1.74. The summed E-state index contributed by atoms with van der Waals surface area (Å²) in [7, 11) is 0. The number of rotatable bonds is 8. The standard InChI is InChI=1S/C19H29N3O2S/c1-14-7-15(2)10-22(9-14)11-17-5-3-16(4-6-17)8-21-19(24)13-25-12-18(20)23/h3-6,14-15H,7-13H2,1-2H3,(H2,20,23)(H,21,24). The number of carbonyl (C=O) groups excluding carboxylic acids is 2. The van der Waals surface area contributed by atoms with Crippen LogP contribution in [0.2, 0.25) is 0 Å². The highest BCUT2D eigenvalue weighted by atomic mass is 32.2. The van der Waals surface area contributed by atoms with Crippen molar-refractivity contribution in [2.45, 2.75) is 33.4 Å². The predicted octanol–water partition coefficient (Wildman–Crippen LogP) is 2.00. The quantitative estimate of drug-likeness (QED) is 0.741. The first-order valence-electron chi connectivity index (χ1n) is 8.85. The number of likely N-dealkylation sites (tertiary alicyclic amines) is 1. The fourth-order valence-corrected chi connectivity index (χ4v) is 4.03. The lowest BCUT2D eigenvalue weighted by atomic mass is 9.91. The van der Waals surface area contributed by atoms with Crippen LogP contribution in [0, 0.1) is 11.8 Å². The van der Waals surface area contributed by atoms with E-state index >= 15 is 0 Å². The molecule has 1 aromatic rings. The van der Waals surface area contributed by atoms with E-state index in [-0.39, 0.29) is 17.4 Å². The lowest BCUT2D eigenvalue weighted by molar-refractivity contribution is -0.118. The first-order chi connectivity index (χ1) is 11.9. The molecule has 1 heterocycles. The zero-order chi connectivity index (χ0) is 18.2. The van der Waals surface area contributed by atoms with Crippen LogP contribution in [0.15, 0.2) is 24.3 Å². The topological polar surface area (TPSA) is 75.4 Å². The number of benzene rings is 1. The van der Waals surface area contributed by atoms with Gasteiger partial charge < -0.3 is 11.1 Å². The monoisotopic (exact) mass is 363 g/mol. The Kier molecular flexibility index (Phi) is 7.78. The van der Waals surface area contributed by atoms with Crippen molar-refractivity contribution in [1.29, 1.82) is 0 Å². The molecule has 0 saturated carbocycles. The smallest absolute Gasteiger partial charge is 0.230 e. The molecule has 1 aliphatic rings. The zero-order valence-corrected chi connectivity index (χ0v) is 16.0. The molecule has 3 N–H and O–H groups in total. The Morgan fingerprint density at radius 3 is 2.32 bits per heavy atom. The molecule has 2 rings (SSSR count). The minimum absolute atomic E-state index is 0.0772. The number of hydrogen-bond donors (Lipinski definition) is 2. The third kappa shape index (κ3) is 7.48. The van der Waals surface area contributed by atoms with Gasteiger partial charge in [0.25, 0.3) is 0 Å². The van der Waals surface area contributed by atoms with Gasteiger partial charge in [-0.3, -0.25) is 14.5 Å². The highest BCUT2D eigenvalue weighted by Crippen LogP contribution is 2.22. The van der Waals surface area contributed by atoms with Gasteiger partial charge in [-0.05, 0) is 29.4 Å². The molecule has 6 heteroatoms. The van der Waals surface area contributed by atoms with Gasteiger partial charge in [-0.15, -0.1) is 11.8 Å². The van der Waals surface area contributed by atoms with E-state index in [4.69, 9.17) is 5.73 Å². The summed E-state index contributed by atoms with van der Waals surface area (Å²) in [5.74, 6) is 1.50. The maximum atomic E-state index is 11.7. The molecule has 0 bridgehead atoms. The van der Waals surface area contributed by atoms with E-state index in [2.05, 4.69) is 48.3 Å². The molecular weight excluding hydrogens is 334 g/mol. The third-order valence-electron chi connectivity index (χ3n) is 4.34. The van der Waals surface area contributed by atoms with Crippen LogP contribution >= 0.6 is 11.8 Å². The molecule has 0 aromatic heterocycles. The van der Waals surface area contributed by atoms with Gasteiger partial charge in [-0.25, -0.2) is 0 Å². The lowest BCUT2D eigenvalue weighted by Crippen LogP contribution is -2.38. The number of hydrogen-bond acceptors (Lipinski definition) is 4. The van der Waals surface area contributed by atoms with Gasteiger partial charge in [0, 0.05) is 26.2 Å². The largest absolute Gasteiger partial charge is 0.369 e. The van der Waals surface area contributed by atoms with Gasteiger partial charge in [-0.2, -0.15) is 0 Å². The molecule has 5 nitrogen and oxygen atoms in total. The second-order valence-corrected chi connectivity index (χ2v) is 8.18. The molecule has 0 spiro atoms. The number of piperidine rings is 1. The first-order valence-corrected chi connectivity index (χ1v) is 10.0. The molecule has 2 unspecified atom stereocenters. The third-order valence-corrected chi connectivity index (χ3v) is 5.30. The number of nitrogens with zero attached hydrogens (tertiary/aromatic N) is 1. The van der Waals surface area contributed by atoms with Crippen LogP contribution in [0.5, 0.6) is 0 Å². The minimum atomic E-state index is -0.397. The minimum Gasteiger partial charge on any atom is -0.369 e. The molecule has 0 radical (unpaired) electrons. The van der Waals surface area contributed by atoms with Crippen LogP contribution < -0.4 is 11.1 Å². The summed E-state index contributed by atoms with van der Waals surface area (Å²) < 4.78 is 0. The Bertz CT molecular complexity index is 567. The van der Waals surface area contributed by atoms with Gasteiger partial charge in [0.1, 0.15) is 0 Å². The number of amides is 2. The van der Waals surface area contributed by atoms with Crippen LogP contribution in [0.3, 0.4) is 0 Å². The van der Waals surface area contributed by atoms with E-state index < -0.39 is 5.91 Å². The van der Waals surface area contributed by atoms with Crippen molar-refractivity contribution in [2.75, 3.05) is 24.6 Å². The number of primary amides is 1. The van der Waals surface area contributed by atoms with Gasteiger partial charge in [0.2, 0.25) is 11.8 Å². The average molecular weight is 364 g/mol. The predicted molar refractivity (Wildman–Crippen MR) is 103 cm³/mol. The van der Waals surface area contributed by atoms with Crippen molar-refractivity contribution in [3.63, 3.8) is 0 Å². The molecule has 0 aliphatic carbocycles. The maximum absolute atomic E-state index is 11.7. The van der Waals surface area contributed by atoms with Crippen LogP contribution in [-0.2, 0) is 22.7 Å². The van der Waals surface area contributed by atoms with Crippen molar-refractivity contribution in [3.8, 4) is 0 Å². The lowest BCUT2D eigenvalue weighted by Gasteiger charge is -2.35. The maximum Gasteiger partial charge on any atom is 0.230 e. The Morgan fingerprint density at radius 2 is 1.72 bits per heavy atom. The molecule has 2 atom stereocenters. The van der Waals surface area contributed by atoms with Crippen molar-refractivity contribution in [3.05, 3.63) is 35.4 Å². The molecule has 2 amide bonds. The Morgan fingerprint density at radius 1 is 1.12 bits per heavy atom. The van der Waals surface area contributed by atoms with Crippen LogP contribution in [0.25, 0.3) is 0 Å². The van der Waals surface area contributed by atoms with Crippen LogP contribution in [-0.4, -0.2) is 41.3 Å². The van der Waals surface area contributed by atoms with E-state index in [0.717, 1.165) is 23.9 Å². The summed E-state index contributed by atoms with van der Waals surface area (Å²) in [5.41, 5.74) is 7.44. The molecule has 1 aromatic carbocycles. The van der Waals surface area contributed by atoms with Gasteiger partial charge in [0.15, 0.2) is 0 Å². The fourth-order valence-electron chi connectivity index (χ4n) is 3.44. The average Bonchev–Trinajstić information content (AvgIpc) is 2.53. The Hall–Kier alpha value is -1.53. The van der Waals surface area contributed by atoms with E-state index in [1.165, 1.54) is 36.8 Å². The molecule has 1 aliphatic heterocycles. The van der Waals surface area contributed by atoms with Crippen LogP contribution in [0.1, 0.15) is 31.4 Å². The first kappa shape index (κ1) is 19.8. The SMILES string of the molecule is CC1CC(C)CN(Cc2ccc(CNC(=O)CSCC(N)=O)cc2)C1. The normalized spacial score (nSPS) is 21.0.